The zero-order valence-electron chi connectivity index (χ0n) is 13.7. The molecule has 7 nitrogen and oxygen atoms in total. The highest BCUT2D eigenvalue weighted by atomic mass is 32.2. The summed E-state index contributed by atoms with van der Waals surface area (Å²) in [6.07, 6.45) is 2.37. The maximum absolute atomic E-state index is 13.1. The average molecular weight is 369 g/mol. The Morgan fingerprint density at radius 1 is 1.29 bits per heavy atom. The molecule has 0 saturated heterocycles. The van der Waals surface area contributed by atoms with E-state index in [0.717, 1.165) is 20.9 Å². The van der Waals surface area contributed by atoms with E-state index in [2.05, 4.69) is 0 Å². The van der Waals surface area contributed by atoms with E-state index in [1.165, 1.54) is 23.3 Å². The van der Waals surface area contributed by atoms with Crippen LogP contribution in [-0.2, 0) is 30.5 Å². The van der Waals surface area contributed by atoms with Gasteiger partial charge in [-0.3, -0.25) is 9.36 Å². The van der Waals surface area contributed by atoms with Crippen LogP contribution >= 0.6 is 11.3 Å². The summed E-state index contributed by atoms with van der Waals surface area (Å²) >= 11 is 1.63. The van der Waals surface area contributed by atoms with E-state index in [-0.39, 0.29) is 10.9 Å². The molecule has 3 rings (SSSR count). The average Bonchev–Trinajstić information content (AvgIpc) is 3.03. The van der Waals surface area contributed by atoms with E-state index in [4.69, 9.17) is 0 Å². The lowest BCUT2D eigenvalue weighted by Crippen LogP contribution is -2.45. The lowest BCUT2D eigenvalue weighted by Gasteiger charge is -2.34. The number of rotatable bonds is 3. The summed E-state index contributed by atoms with van der Waals surface area (Å²) in [5.41, 5.74) is -0.326. The molecule has 1 aliphatic rings. The van der Waals surface area contributed by atoms with Crippen molar-refractivity contribution in [2.45, 2.75) is 30.7 Å². The third-order valence-corrected chi connectivity index (χ3v) is 7.32. The first-order valence-corrected chi connectivity index (χ1v) is 9.95. The van der Waals surface area contributed by atoms with Crippen molar-refractivity contribution >= 4 is 21.4 Å². The molecular formula is C15H19N3O4S2. The summed E-state index contributed by atoms with van der Waals surface area (Å²) in [6.45, 7) is 2.26. The van der Waals surface area contributed by atoms with Crippen molar-refractivity contribution in [3.05, 3.63) is 48.9 Å². The minimum Gasteiger partial charge on any atom is -0.302 e. The van der Waals surface area contributed by atoms with Crippen molar-refractivity contribution in [2.24, 2.45) is 14.1 Å². The molecule has 0 aromatic carbocycles. The number of aromatic nitrogens is 2. The molecule has 0 N–H and O–H groups in total. The highest BCUT2D eigenvalue weighted by molar-refractivity contribution is 7.89. The molecule has 0 radical (unpaired) electrons. The van der Waals surface area contributed by atoms with Gasteiger partial charge in [0.2, 0.25) is 0 Å². The van der Waals surface area contributed by atoms with Crippen molar-refractivity contribution in [1.29, 1.82) is 0 Å². The van der Waals surface area contributed by atoms with Crippen molar-refractivity contribution in [1.82, 2.24) is 13.4 Å². The van der Waals surface area contributed by atoms with Gasteiger partial charge in [-0.2, -0.15) is 4.31 Å². The first-order valence-electron chi connectivity index (χ1n) is 7.63. The van der Waals surface area contributed by atoms with Gasteiger partial charge in [-0.05, 0) is 29.9 Å². The van der Waals surface area contributed by atoms with Crippen molar-refractivity contribution in [3.8, 4) is 0 Å². The number of thiophene rings is 1. The first kappa shape index (κ1) is 17.1. The van der Waals surface area contributed by atoms with Gasteiger partial charge in [0.1, 0.15) is 0 Å². The van der Waals surface area contributed by atoms with Gasteiger partial charge in [-0.25, -0.2) is 13.2 Å². The highest BCUT2D eigenvalue weighted by Crippen LogP contribution is 2.37. The van der Waals surface area contributed by atoms with E-state index >= 15 is 0 Å². The van der Waals surface area contributed by atoms with Crippen LogP contribution in [0.3, 0.4) is 0 Å². The van der Waals surface area contributed by atoms with Gasteiger partial charge in [-0.15, -0.1) is 11.3 Å². The van der Waals surface area contributed by atoms with Gasteiger partial charge < -0.3 is 4.57 Å². The van der Waals surface area contributed by atoms with E-state index in [9.17, 15) is 18.0 Å². The van der Waals surface area contributed by atoms with E-state index in [1.54, 1.807) is 11.3 Å². The van der Waals surface area contributed by atoms with Crippen molar-refractivity contribution < 1.29 is 8.42 Å². The third-order valence-electron chi connectivity index (χ3n) is 4.43. The Bertz CT molecular complexity index is 1000. The van der Waals surface area contributed by atoms with Crippen LogP contribution in [0.5, 0.6) is 0 Å². The fraction of sp³-hybridized carbons (Fsp3) is 0.467. The molecule has 1 aliphatic heterocycles. The summed E-state index contributed by atoms with van der Waals surface area (Å²) in [7, 11) is -1.27. The SMILES string of the molecule is CCC1c2ccsc2CCN1S(=O)(=O)c1cn(C)c(=O)n(C)c1=O. The molecule has 1 atom stereocenters. The summed E-state index contributed by atoms with van der Waals surface area (Å²) < 4.78 is 29.6. The molecule has 130 valence electrons. The predicted octanol–water partition coefficient (Wildman–Crippen LogP) is 0.844. The second-order valence-corrected chi connectivity index (χ2v) is 8.70. The zero-order chi connectivity index (χ0) is 17.6. The Hall–Kier alpha value is -1.71. The lowest BCUT2D eigenvalue weighted by molar-refractivity contribution is 0.302. The van der Waals surface area contributed by atoms with Gasteiger partial charge in [0, 0.05) is 31.7 Å². The van der Waals surface area contributed by atoms with Crippen LogP contribution in [0.25, 0.3) is 0 Å². The molecule has 3 heterocycles. The van der Waals surface area contributed by atoms with Gasteiger partial charge in [0.15, 0.2) is 4.90 Å². The number of nitrogens with zero attached hydrogens (tertiary/aromatic N) is 3. The Balaban J connectivity index is 2.16. The smallest absolute Gasteiger partial charge is 0.302 e. The van der Waals surface area contributed by atoms with Crippen LogP contribution in [0.1, 0.15) is 29.8 Å². The molecule has 0 amide bonds. The molecular weight excluding hydrogens is 350 g/mol. The number of hydrogen-bond donors (Lipinski definition) is 0. The second-order valence-electron chi connectivity index (χ2n) is 5.84. The predicted molar refractivity (Wildman–Crippen MR) is 91.9 cm³/mol. The molecule has 0 fully saturated rings. The Morgan fingerprint density at radius 2 is 2.00 bits per heavy atom. The summed E-state index contributed by atoms with van der Waals surface area (Å²) in [6, 6.07) is 1.67. The molecule has 0 spiro atoms. The molecule has 2 aromatic heterocycles. The fourth-order valence-corrected chi connectivity index (χ4v) is 5.92. The molecule has 2 aromatic rings. The maximum Gasteiger partial charge on any atom is 0.330 e. The van der Waals surface area contributed by atoms with Crippen LogP contribution in [0.4, 0.5) is 0 Å². The quantitative estimate of drug-likeness (QED) is 0.803. The molecule has 0 saturated carbocycles. The number of sulfonamides is 1. The van der Waals surface area contributed by atoms with Gasteiger partial charge in [0.25, 0.3) is 15.6 Å². The Morgan fingerprint density at radius 3 is 2.67 bits per heavy atom. The van der Waals surface area contributed by atoms with Gasteiger partial charge in [0.05, 0.1) is 6.04 Å². The molecule has 9 heteroatoms. The van der Waals surface area contributed by atoms with Crippen LogP contribution in [0.2, 0.25) is 0 Å². The topological polar surface area (TPSA) is 81.4 Å². The largest absolute Gasteiger partial charge is 0.330 e. The van der Waals surface area contributed by atoms with E-state index in [0.29, 0.717) is 19.4 Å². The Kier molecular flexibility index (Phi) is 4.27. The van der Waals surface area contributed by atoms with E-state index < -0.39 is 21.3 Å². The standard InChI is InChI=1S/C15H19N3O4S2/c1-4-11-10-6-8-23-12(10)5-7-18(11)24(21,22)13-9-16(2)15(20)17(3)14(13)19/h6,8-9,11H,4-5,7H2,1-3H3. The minimum atomic E-state index is -3.99. The molecule has 1 unspecified atom stereocenters. The molecule has 0 bridgehead atoms. The second kappa shape index (κ2) is 5.98. The van der Waals surface area contributed by atoms with Crippen molar-refractivity contribution in [3.63, 3.8) is 0 Å². The van der Waals surface area contributed by atoms with E-state index in [1.807, 2.05) is 18.4 Å². The van der Waals surface area contributed by atoms with Crippen LogP contribution < -0.4 is 11.2 Å². The molecule has 24 heavy (non-hydrogen) atoms. The van der Waals surface area contributed by atoms with Crippen molar-refractivity contribution in [2.75, 3.05) is 6.54 Å². The number of aryl methyl sites for hydroxylation is 1. The number of fused-ring (bicyclic) bond motifs is 1. The molecule has 0 aliphatic carbocycles. The number of hydrogen-bond acceptors (Lipinski definition) is 5. The third kappa shape index (κ3) is 2.47. The maximum atomic E-state index is 13.1. The van der Waals surface area contributed by atoms with Crippen LogP contribution in [0.15, 0.2) is 32.1 Å². The zero-order valence-corrected chi connectivity index (χ0v) is 15.4. The summed E-state index contributed by atoms with van der Waals surface area (Å²) in [5, 5.41) is 1.97. The highest BCUT2D eigenvalue weighted by Gasteiger charge is 2.37. The first-order chi connectivity index (χ1) is 11.3. The summed E-state index contributed by atoms with van der Waals surface area (Å²) in [4.78, 5) is 25.0. The fourth-order valence-electron chi connectivity index (χ4n) is 3.16. The van der Waals surface area contributed by atoms with Crippen LogP contribution in [-0.4, -0.2) is 28.4 Å². The van der Waals surface area contributed by atoms with Gasteiger partial charge >= 0.3 is 5.69 Å². The normalized spacial score (nSPS) is 18.5. The minimum absolute atomic E-state index is 0.285. The monoisotopic (exact) mass is 369 g/mol. The lowest BCUT2D eigenvalue weighted by atomic mass is 10.0. The van der Waals surface area contributed by atoms with Gasteiger partial charge in [-0.1, -0.05) is 6.92 Å². The summed E-state index contributed by atoms with van der Waals surface area (Å²) in [5.74, 6) is 0. The Labute approximate surface area is 143 Å². The van der Waals surface area contributed by atoms with Crippen LogP contribution in [0, 0.1) is 0 Å².